The maximum atomic E-state index is 11.8. The molecular formula is C12H17BrN2O. The van der Waals surface area contributed by atoms with Crippen LogP contribution in [-0.2, 0) is 0 Å². The van der Waals surface area contributed by atoms with Gasteiger partial charge in [0.25, 0.3) is 5.91 Å². The standard InChI is InChI=1S/C12H17BrN2O/c1-4-12(2,3)8-15-11(16)9-6-5-7-14-10(9)13/h5-7H,4,8H2,1-3H3,(H,15,16). The molecular weight excluding hydrogens is 268 g/mol. The summed E-state index contributed by atoms with van der Waals surface area (Å²) in [4.78, 5) is 15.9. The van der Waals surface area contributed by atoms with E-state index in [1.807, 2.05) is 0 Å². The molecule has 4 heteroatoms. The third-order valence-corrected chi connectivity index (χ3v) is 3.32. The summed E-state index contributed by atoms with van der Waals surface area (Å²) >= 11 is 3.26. The Morgan fingerprint density at radius 2 is 2.25 bits per heavy atom. The average Bonchev–Trinajstić information content (AvgIpc) is 2.27. The SMILES string of the molecule is CCC(C)(C)CNC(=O)c1cccnc1Br. The Hall–Kier alpha value is -0.900. The molecule has 0 fully saturated rings. The molecule has 0 bridgehead atoms. The van der Waals surface area contributed by atoms with Crippen molar-refractivity contribution in [3.63, 3.8) is 0 Å². The minimum absolute atomic E-state index is 0.0819. The van der Waals surface area contributed by atoms with Crippen LogP contribution in [0.3, 0.4) is 0 Å². The molecule has 0 aliphatic heterocycles. The molecule has 0 aliphatic carbocycles. The van der Waals surface area contributed by atoms with Crippen molar-refractivity contribution in [2.24, 2.45) is 5.41 Å². The summed E-state index contributed by atoms with van der Waals surface area (Å²) in [6.07, 6.45) is 2.68. The fraction of sp³-hybridized carbons (Fsp3) is 0.500. The lowest BCUT2D eigenvalue weighted by molar-refractivity contribution is 0.0934. The normalized spacial score (nSPS) is 11.2. The molecule has 0 aromatic carbocycles. The molecule has 1 heterocycles. The first-order valence-corrected chi connectivity index (χ1v) is 6.14. The minimum Gasteiger partial charge on any atom is -0.351 e. The number of rotatable bonds is 4. The van der Waals surface area contributed by atoms with E-state index < -0.39 is 0 Å². The smallest absolute Gasteiger partial charge is 0.254 e. The molecule has 1 aromatic rings. The van der Waals surface area contributed by atoms with Gasteiger partial charge in [0.15, 0.2) is 0 Å². The van der Waals surface area contributed by atoms with Crippen LogP contribution in [0.25, 0.3) is 0 Å². The molecule has 0 atom stereocenters. The van der Waals surface area contributed by atoms with Gasteiger partial charge in [-0.25, -0.2) is 4.98 Å². The van der Waals surface area contributed by atoms with E-state index in [0.717, 1.165) is 6.42 Å². The molecule has 0 saturated carbocycles. The number of halogens is 1. The fourth-order valence-corrected chi connectivity index (χ4v) is 1.53. The Morgan fingerprint density at radius 1 is 1.56 bits per heavy atom. The second-order valence-electron chi connectivity index (χ2n) is 4.54. The molecule has 0 spiro atoms. The second kappa shape index (κ2) is 5.43. The summed E-state index contributed by atoms with van der Waals surface area (Å²) < 4.78 is 0.585. The van der Waals surface area contributed by atoms with Gasteiger partial charge >= 0.3 is 0 Å². The van der Waals surface area contributed by atoms with Gasteiger partial charge in [-0.05, 0) is 39.9 Å². The van der Waals surface area contributed by atoms with Crippen molar-refractivity contribution < 1.29 is 4.79 Å². The van der Waals surface area contributed by atoms with E-state index in [2.05, 4.69) is 47.0 Å². The molecule has 16 heavy (non-hydrogen) atoms. The number of carbonyl (C=O) groups excluding carboxylic acids is 1. The largest absolute Gasteiger partial charge is 0.351 e. The molecule has 0 radical (unpaired) electrons. The van der Waals surface area contributed by atoms with Gasteiger partial charge in [0.05, 0.1) is 5.56 Å². The summed E-state index contributed by atoms with van der Waals surface area (Å²) in [7, 11) is 0. The van der Waals surface area contributed by atoms with Crippen molar-refractivity contribution in [1.29, 1.82) is 0 Å². The quantitative estimate of drug-likeness (QED) is 0.864. The van der Waals surface area contributed by atoms with Gasteiger partial charge in [0.1, 0.15) is 4.60 Å². The summed E-state index contributed by atoms with van der Waals surface area (Å²) in [6.45, 7) is 7.05. The van der Waals surface area contributed by atoms with Crippen LogP contribution in [0.4, 0.5) is 0 Å². The van der Waals surface area contributed by atoms with Gasteiger partial charge in [-0.1, -0.05) is 20.8 Å². The van der Waals surface area contributed by atoms with Crippen molar-refractivity contribution in [3.8, 4) is 0 Å². The highest BCUT2D eigenvalue weighted by Gasteiger charge is 2.17. The zero-order chi connectivity index (χ0) is 12.2. The van der Waals surface area contributed by atoms with E-state index in [4.69, 9.17) is 0 Å². The molecule has 3 nitrogen and oxygen atoms in total. The Labute approximate surface area is 105 Å². The van der Waals surface area contributed by atoms with Crippen molar-refractivity contribution in [2.45, 2.75) is 27.2 Å². The van der Waals surface area contributed by atoms with E-state index in [9.17, 15) is 4.79 Å². The van der Waals surface area contributed by atoms with Gasteiger partial charge < -0.3 is 5.32 Å². The van der Waals surface area contributed by atoms with Crippen LogP contribution in [0.1, 0.15) is 37.6 Å². The minimum atomic E-state index is -0.0819. The lowest BCUT2D eigenvalue weighted by atomic mass is 9.90. The summed E-state index contributed by atoms with van der Waals surface area (Å²) in [5.74, 6) is -0.0819. The van der Waals surface area contributed by atoms with Gasteiger partial charge in [-0.15, -0.1) is 0 Å². The van der Waals surface area contributed by atoms with Gasteiger partial charge in [-0.2, -0.15) is 0 Å². The first-order valence-electron chi connectivity index (χ1n) is 5.35. The van der Waals surface area contributed by atoms with Crippen LogP contribution < -0.4 is 5.32 Å². The number of aromatic nitrogens is 1. The summed E-state index contributed by atoms with van der Waals surface area (Å²) in [5, 5.41) is 2.92. The molecule has 1 amide bonds. The van der Waals surface area contributed by atoms with Crippen molar-refractivity contribution in [2.75, 3.05) is 6.54 Å². The van der Waals surface area contributed by atoms with Crippen molar-refractivity contribution >= 4 is 21.8 Å². The number of nitrogens with one attached hydrogen (secondary N) is 1. The third-order valence-electron chi connectivity index (χ3n) is 2.69. The number of hydrogen-bond donors (Lipinski definition) is 1. The monoisotopic (exact) mass is 284 g/mol. The topological polar surface area (TPSA) is 42.0 Å². The van der Waals surface area contributed by atoms with Crippen LogP contribution in [-0.4, -0.2) is 17.4 Å². The van der Waals surface area contributed by atoms with Gasteiger partial charge in [0, 0.05) is 12.7 Å². The zero-order valence-corrected chi connectivity index (χ0v) is 11.5. The Morgan fingerprint density at radius 3 is 2.81 bits per heavy atom. The Kier molecular flexibility index (Phi) is 4.47. The lowest BCUT2D eigenvalue weighted by Crippen LogP contribution is -2.33. The fourth-order valence-electron chi connectivity index (χ4n) is 1.10. The number of hydrogen-bond acceptors (Lipinski definition) is 2. The zero-order valence-electron chi connectivity index (χ0n) is 9.88. The van der Waals surface area contributed by atoms with E-state index in [0.29, 0.717) is 16.7 Å². The first-order chi connectivity index (χ1) is 7.46. The van der Waals surface area contributed by atoms with E-state index in [-0.39, 0.29) is 11.3 Å². The van der Waals surface area contributed by atoms with E-state index >= 15 is 0 Å². The number of nitrogens with zero attached hydrogens (tertiary/aromatic N) is 1. The maximum Gasteiger partial charge on any atom is 0.254 e. The highest BCUT2D eigenvalue weighted by molar-refractivity contribution is 9.10. The number of amides is 1. The molecule has 0 aliphatic rings. The number of carbonyl (C=O) groups is 1. The Bertz CT molecular complexity index is 377. The average molecular weight is 285 g/mol. The second-order valence-corrected chi connectivity index (χ2v) is 5.29. The molecule has 0 unspecified atom stereocenters. The van der Waals surface area contributed by atoms with Gasteiger partial charge in [-0.3, -0.25) is 4.79 Å². The van der Waals surface area contributed by atoms with Crippen LogP contribution >= 0.6 is 15.9 Å². The molecule has 88 valence electrons. The first kappa shape index (κ1) is 13.2. The van der Waals surface area contributed by atoms with Crippen LogP contribution in [0.15, 0.2) is 22.9 Å². The highest BCUT2D eigenvalue weighted by Crippen LogP contribution is 2.18. The van der Waals surface area contributed by atoms with Crippen LogP contribution in [0.2, 0.25) is 0 Å². The van der Waals surface area contributed by atoms with Crippen LogP contribution in [0.5, 0.6) is 0 Å². The van der Waals surface area contributed by atoms with Gasteiger partial charge in [0.2, 0.25) is 0 Å². The molecule has 1 aromatic heterocycles. The predicted molar refractivity (Wildman–Crippen MR) is 68.3 cm³/mol. The van der Waals surface area contributed by atoms with Crippen molar-refractivity contribution in [3.05, 3.63) is 28.5 Å². The number of pyridine rings is 1. The summed E-state index contributed by atoms with van der Waals surface area (Å²) in [6, 6.07) is 3.51. The van der Waals surface area contributed by atoms with E-state index in [1.54, 1.807) is 18.3 Å². The maximum absolute atomic E-state index is 11.8. The summed E-state index contributed by atoms with van der Waals surface area (Å²) in [5.41, 5.74) is 0.707. The molecule has 1 N–H and O–H groups in total. The molecule has 0 saturated heterocycles. The van der Waals surface area contributed by atoms with Crippen LogP contribution in [0, 0.1) is 5.41 Å². The third kappa shape index (κ3) is 3.59. The highest BCUT2D eigenvalue weighted by atomic mass is 79.9. The Balaban J connectivity index is 2.64. The van der Waals surface area contributed by atoms with Crippen molar-refractivity contribution in [1.82, 2.24) is 10.3 Å². The van der Waals surface area contributed by atoms with E-state index in [1.165, 1.54) is 0 Å². The lowest BCUT2D eigenvalue weighted by Gasteiger charge is -2.22. The predicted octanol–water partition coefficient (Wildman–Crippen LogP) is 3.01. The molecule has 1 rings (SSSR count).